The fourth-order valence-corrected chi connectivity index (χ4v) is 18.8. The molecule has 6 aromatic heterocycles. The number of nitrogens with one attached hydrogen (secondary N) is 1. The number of likely N-dealkylation sites (tertiary alicyclic amines) is 1. The summed E-state index contributed by atoms with van der Waals surface area (Å²) < 4.78 is 36.0. The quantitative estimate of drug-likeness (QED) is 0.0543. The SMILES string of the molecule is COc1ccc2cccnc2c1N1CCCN(C(CCN2CCOCC2)c2csc(N3CCOCC3)n2)CC1.COc1ccc2cccnc2c1N1CCCN(C(CCO)c2csc(N3CCOCC3)n2)CC1.COc1ccc2cccnc2c1N1CCCN([C@H](CC(=O)NCCN2CCCC2)c2ccn(C(C)C)n2)CC1. The molecule has 7 aliphatic rings. The highest BCUT2D eigenvalue weighted by Gasteiger charge is 2.34. The molecule has 28 heteroatoms. The van der Waals surface area contributed by atoms with E-state index >= 15 is 0 Å². The molecule has 3 aromatic carbocycles. The molecule has 602 valence electrons. The van der Waals surface area contributed by atoms with Crippen LogP contribution in [0.2, 0.25) is 0 Å². The van der Waals surface area contributed by atoms with Crippen LogP contribution in [-0.2, 0) is 19.0 Å². The van der Waals surface area contributed by atoms with Crippen molar-refractivity contribution in [1.29, 1.82) is 0 Å². The van der Waals surface area contributed by atoms with Crippen LogP contribution in [0.15, 0.2) is 114 Å². The predicted octanol–water partition coefficient (Wildman–Crippen LogP) is 10.6. The summed E-state index contributed by atoms with van der Waals surface area (Å²) in [4.78, 5) is 62.0. The predicted molar refractivity (Wildman–Crippen MR) is 448 cm³/mol. The van der Waals surface area contributed by atoms with Crippen LogP contribution in [0.25, 0.3) is 32.7 Å². The molecule has 16 rings (SSSR count). The zero-order chi connectivity index (χ0) is 77.0. The van der Waals surface area contributed by atoms with Gasteiger partial charge < -0.3 is 68.2 Å². The van der Waals surface area contributed by atoms with E-state index in [0.29, 0.717) is 25.4 Å². The number of pyridine rings is 3. The fourth-order valence-electron chi connectivity index (χ4n) is 17.0. The molecule has 7 saturated heterocycles. The van der Waals surface area contributed by atoms with Crippen molar-refractivity contribution in [3.05, 3.63) is 131 Å². The molecular formula is C84H116N18O8S2. The van der Waals surface area contributed by atoms with E-state index in [0.717, 1.165) is 298 Å². The van der Waals surface area contributed by atoms with Gasteiger partial charge >= 0.3 is 0 Å². The number of aromatic nitrogens is 7. The molecule has 7 aliphatic heterocycles. The summed E-state index contributed by atoms with van der Waals surface area (Å²) in [6, 6.07) is 27.4. The Morgan fingerprint density at radius 2 is 0.893 bits per heavy atom. The van der Waals surface area contributed by atoms with Crippen molar-refractivity contribution in [2.75, 3.05) is 243 Å². The van der Waals surface area contributed by atoms with Gasteiger partial charge in [0.15, 0.2) is 10.3 Å². The Labute approximate surface area is 668 Å². The van der Waals surface area contributed by atoms with Crippen LogP contribution < -0.4 is 44.0 Å². The second kappa shape index (κ2) is 40.2. The molecular weight excluding hydrogens is 1450 g/mol. The molecule has 26 nitrogen and oxygen atoms in total. The van der Waals surface area contributed by atoms with E-state index < -0.39 is 0 Å². The number of thiazole rings is 2. The number of hydrogen-bond donors (Lipinski definition) is 2. The van der Waals surface area contributed by atoms with Gasteiger partial charge in [0.25, 0.3) is 0 Å². The number of hydrogen-bond acceptors (Lipinski definition) is 26. The second-order valence-electron chi connectivity index (χ2n) is 30.2. The third-order valence-electron chi connectivity index (χ3n) is 23.0. The van der Waals surface area contributed by atoms with E-state index in [2.05, 4.69) is 132 Å². The highest BCUT2D eigenvalue weighted by molar-refractivity contribution is 7.14. The van der Waals surface area contributed by atoms with Crippen molar-refractivity contribution >= 4 is 88.6 Å². The molecule has 112 heavy (non-hydrogen) atoms. The molecule has 9 aromatic rings. The van der Waals surface area contributed by atoms with Crippen molar-refractivity contribution in [2.24, 2.45) is 0 Å². The van der Waals surface area contributed by atoms with E-state index in [4.69, 9.17) is 53.5 Å². The number of aliphatic hydroxyl groups excluding tert-OH is 1. The molecule has 0 saturated carbocycles. The summed E-state index contributed by atoms with van der Waals surface area (Å²) in [5.74, 6) is 2.70. The lowest BCUT2D eigenvalue weighted by atomic mass is 10.1. The Bertz CT molecular complexity index is 4410. The second-order valence-corrected chi connectivity index (χ2v) is 31.9. The highest BCUT2D eigenvalue weighted by Crippen LogP contribution is 2.41. The van der Waals surface area contributed by atoms with Crippen molar-refractivity contribution in [3.8, 4) is 17.2 Å². The van der Waals surface area contributed by atoms with Gasteiger partial charge in [0.1, 0.15) is 34.3 Å². The third kappa shape index (κ3) is 20.1. The smallest absolute Gasteiger partial charge is 0.222 e. The number of carbonyl (C=O) groups is 1. The lowest BCUT2D eigenvalue weighted by Gasteiger charge is -2.33. The Morgan fingerprint density at radius 1 is 0.464 bits per heavy atom. The van der Waals surface area contributed by atoms with Crippen molar-refractivity contribution in [1.82, 2.24) is 64.5 Å². The number of anilines is 5. The summed E-state index contributed by atoms with van der Waals surface area (Å²) in [5, 5.41) is 28.0. The number of ether oxygens (including phenoxy) is 6. The van der Waals surface area contributed by atoms with Gasteiger partial charge in [-0.3, -0.25) is 44.0 Å². The van der Waals surface area contributed by atoms with Crippen LogP contribution in [0.4, 0.5) is 27.3 Å². The Morgan fingerprint density at radius 3 is 1.32 bits per heavy atom. The third-order valence-corrected chi connectivity index (χ3v) is 24.8. The number of aliphatic hydroxyl groups is 1. The van der Waals surface area contributed by atoms with Crippen LogP contribution in [0.3, 0.4) is 0 Å². The molecule has 0 radical (unpaired) electrons. The van der Waals surface area contributed by atoms with E-state index in [1.54, 1.807) is 44.0 Å². The summed E-state index contributed by atoms with van der Waals surface area (Å²) in [5.41, 5.74) is 9.46. The van der Waals surface area contributed by atoms with E-state index in [-0.39, 0.29) is 30.6 Å². The first-order valence-corrected chi connectivity index (χ1v) is 42.6. The molecule has 2 unspecified atom stereocenters. The Hall–Kier alpha value is -8.13. The van der Waals surface area contributed by atoms with Crippen LogP contribution in [0, 0.1) is 0 Å². The normalized spacial score (nSPS) is 19.2. The van der Waals surface area contributed by atoms with E-state index in [1.165, 1.54) is 18.5 Å². The molecule has 1 amide bonds. The zero-order valence-electron chi connectivity index (χ0n) is 66.4. The average Bonchev–Trinajstić information content (AvgIpc) is 1.19. The van der Waals surface area contributed by atoms with Gasteiger partial charge in [-0.05, 0) is 133 Å². The first kappa shape index (κ1) is 80.5. The Kier molecular flexibility index (Phi) is 28.9. The zero-order valence-corrected chi connectivity index (χ0v) is 68.0. The maximum atomic E-state index is 13.2. The van der Waals surface area contributed by atoms with Gasteiger partial charge in [-0.25, -0.2) is 9.97 Å². The van der Waals surface area contributed by atoms with Crippen molar-refractivity contribution < 1.29 is 38.3 Å². The standard InChI is InChI=1S/C30H43N7O2.C29H40N6O3S.C25H33N5O3S/c1-23(2)37-18-11-25(33-37)26(22-28(38)31-13-19-34-14-4-5-15-34)35-16-7-17-36(21-20-35)30-27(39-3)10-9-24-8-6-12-32-29(24)30;1-36-26-6-5-23-4-2-8-30-27(23)28(26)34-10-3-9-33(12-13-34)25(7-11-32-14-18-37-19-15-32)24-22-39-29(31-24)35-16-20-38-21-17-35;1-32-22-6-5-19-4-2-8-26-23(19)24(22)29-10-3-9-28(11-12-29)21(7-15-31)20-18-34-25(27-20)30-13-16-33-17-14-30/h6,8-12,18,23,26H,4-5,7,13-17,19-22H2,1-3H3,(H,31,38);2,4-6,8,22,25H,3,7,9-21H2,1H3;2,4-6,8,18,21,31H,3,7,9-17H2,1H3/t26-;;/m1../s1. The number of rotatable bonds is 25. The summed E-state index contributed by atoms with van der Waals surface area (Å²) in [7, 11) is 5.21. The van der Waals surface area contributed by atoms with Crippen molar-refractivity contribution in [3.63, 3.8) is 0 Å². The number of methoxy groups -OCH3 is 3. The van der Waals surface area contributed by atoms with Crippen LogP contribution in [-0.4, -0.2) is 288 Å². The van der Waals surface area contributed by atoms with Gasteiger partial charge in [-0.1, -0.05) is 18.2 Å². The summed E-state index contributed by atoms with van der Waals surface area (Å²) >= 11 is 3.48. The molecule has 0 bridgehead atoms. The van der Waals surface area contributed by atoms with Gasteiger partial charge in [-0.15, -0.1) is 22.7 Å². The van der Waals surface area contributed by atoms with Crippen molar-refractivity contribution in [2.45, 2.75) is 89.4 Å². The van der Waals surface area contributed by atoms with E-state index in [9.17, 15) is 9.90 Å². The van der Waals surface area contributed by atoms with Crippen LogP contribution in [0.5, 0.6) is 17.2 Å². The molecule has 3 atom stereocenters. The molecule has 13 heterocycles. The summed E-state index contributed by atoms with van der Waals surface area (Å²) in [6.45, 7) is 30.8. The van der Waals surface area contributed by atoms with Gasteiger partial charge in [0.05, 0.1) is 113 Å². The number of carbonyl (C=O) groups excluding carboxylic acids is 1. The number of amides is 1. The minimum absolute atomic E-state index is 0.0655. The lowest BCUT2D eigenvalue weighted by Crippen LogP contribution is -2.40. The lowest BCUT2D eigenvalue weighted by molar-refractivity contribution is -0.122. The number of benzene rings is 3. The topological polar surface area (TPSA) is 219 Å². The maximum absolute atomic E-state index is 13.2. The molecule has 0 aliphatic carbocycles. The monoisotopic (exact) mass is 1570 g/mol. The summed E-state index contributed by atoms with van der Waals surface area (Å²) in [6.07, 6.45) is 15.4. The first-order valence-electron chi connectivity index (χ1n) is 40.8. The number of morpholine rings is 3. The highest BCUT2D eigenvalue weighted by atomic mass is 32.1. The van der Waals surface area contributed by atoms with Gasteiger partial charge in [0.2, 0.25) is 5.91 Å². The fraction of sp³-hybridized carbons (Fsp3) is 0.560. The number of nitrogens with zero attached hydrogens (tertiary/aromatic N) is 17. The first-order chi connectivity index (χ1) is 55.1. The van der Waals surface area contributed by atoms with Gasteiger partial charge in [0, 0.05) is 208 Å². The Balaban J connectivity index is 0.000000140. The maximum Gasteiger partial charge on any atom is 0.222 e. The molecule has 2 N–H and O–H groups in total. The van der Waals surface area contributed by atoms with Crippen LogP contribution in [0.1, 0.15) is 106 Å². The molecule has 7 fully saturated rings. The van der Waals surface area contributed by atoms with E-state index in [1.807, 2.05) is 59.8 Å². The minimum atomic E-state index is -0.0655. The number of fused-ring (bicyclic) bond motifs is 3. The average molecular weight is 1570 g/mol. The minimum Gasteiger partial charge on any atom is -0.494 e. The van der Waals surface area contributed by atoms with Gasteiger partial charge in [-0.2, -0.15) is 5.10 Å². The largest absolute Gasteiger partial charge is 0.494 e. The van der Waals surface area contributed by atoms with Crippen LogP contribution >= 0.6 is 22.7 Å². The molecule has 0 spiro atoms.